The minimum Gasteiger partial charge on any atom is -0.398 e. The van der Waals surface area contributed by atoms with Crippen molar-refractivity contribution in [2.75, 3.05) is 19.5 Å². The summed E-state index contributed by atoms with van der Waals surface area (Å²) in [5.74, 6) is 0. The molecule has 0 bridgehead atoms. The summed E-state index contributed by atoms with van der Waals surface area (Å²) in [6.45, 7) is 2.85. The number of ether oxygens (including phenoxy) is 1. The fourth-order valence-corrected chi connectivity index (χ4v) is 2.65. The second-order valence-corrected chi connectivity index (χ2v) is 5.46. The molecule has 0 amide bonds. The Morgan fingerprint density at radius 1 is 1.57 bits per heavy atom. The van der Waals surface area contributed by atoms with Crippen LogP contribution in [-0.4, -0.2) is 19.0 Å². The van der Waals surface area contributed by atoms with Crippen LogP contribution in [0.3, 0.4) is 0 Å². The first-order valence-corrected chi connectivity index (χ1v) is 6.01. The zero-order chi connectivity index (χ0) is 10.6. The van der Waals surface area contributed by atoms with Crippen LogP contribution >= 0.6 is 27.7 Å². The maximum Gasteiger partial charge on any atom is 0.0582 e. The molecule has 14 heavy (non-hydrogen) atoms. The molecular formula is C10H14BrNOS. The van der Waals surface area contributed by atoms with Gasteiger partial charge in [-0.05, 0) is 18.2 Å². The highest BCUT2D eigenvalue weighted by Crippen LogP contribution is 2.31. The molecule has 2 nitrogen and oxygen atoms in total. The molecule has 0 aliphatic carbocycles. The van der Waals surface area contributed by atoms with E-state index in [9.17, 15) is 0 Å². The van der Waals surface area contributed by atoms with E-state index in [1.54, 1.807) is 18.9 Å². The number of benzene rings is 1. The second kappa shape index (κ2) is 5.63. The van der Waals surface area contributed by atoms with E-state index in [1.165, 1.54) is 0 Å². The molecule has 1 unspecified atom stereocenters. The van der Waals surface area contributed by atoms with E-state index >= 15 is 0 Å². The highest BCUT2D eigenvalue weighted by Gasteiger charge is 2.07. The summed E-state index contributed by atoms with van der Waals surface area (Å²) in [5.41, 5.74) is 6.67. The fourth-order valence-electron chi connectivity index (χ4n) is 1.10. The summed E-state index contributed by atoms with van der Waals surface area (Å²) < 4.78 is 6.13. The van der Waals surface area contributed by atoms with Crippen LogP contribution in [0, 0.1) is 0 Å². The van der Waals surface area contributed by atoms with Crippen molar-refractivity contribution < 1.29 is 4.74 Å². The Morgan fingerprint density at radius 2 is 2.29 bits per heavy atom. The Labute approximate surface area is 97.3 Å². The second-order valence-electron chi connectivity index (χ2n) is 3.07. The Balaban J connectivity index is 2.70. The molecule has 1 aromatic rings. The van der Waals surface area contributed by atoms with Crippen LogP contribution in [0.1, 0.15) is 6.92 Å². The predicted molar refractivity (Wildman–Crippen MR) is 65.7 cm³/mol. The van der Waals surface area contributed by atoms with E-state index in [0.29, 0.717) is 5.25 Å². The van der Waals surface area contributed by atoms with Crippen LogP contribution in [-0.2, 0) is 4.74 Å². The average molecular weight is 276 g/mol. The summed E-state index contributed by atoms with van der Waals surface area (Å²) in [6.07, 6.45) is 0. The van der Waals surface area contributed by atoms with Crippen molar-refractivity contribution in [2.45, 2.75) is 17.1 Å². The van der Waals surface area contributed by atoms with Crippen molar-refractivity contribution in [3.05, 3.63) is 22.7 Å². The first kappa shape index (κ1) is 11.9. The number of methoxy groups -OCH3 is 1. The predicted octanol–water partition coefficient (Wildman–Crippen LogP) is 3.16. The van der Waals surface area contributed by atoms with Gasteiger partial charge in [-0.2, -0.15) is 0 Å². The van der Waals surface area contributed by atoms with Gasteiger partial charge in [-0.1, -0.05) is 22.9 Å². The third-order valence-corrected chi connectivity index (χ3v) is 3.34. The maximum absolute atomic E-state index is 5.85. The van der Waals surface area contributed by atoms with Crippen molar-refractivity contribution in [2.24, 2.45) is 0 Å². The number of nitrogens with two attached hydrogens (primary N) is 1. The van der Waals surface area contributed by atoms with E-state index in [4.69, 9.17) is 10.5 Å². The molecule has 0 saturated carbocycles. The first-order chi connectivity index (χ1) is 6.63. The molecule has 0 aromatic heterocycles. The van der Waals surface area contributed by atoms with E-state index in [1.807, 2.05) is 18.2 Å². The van der Waals surface area contributed by atoms with E-state index in [0.717, 1.165) is 21.7 Å². The van der Waals surface area contributed by atoms with Gasteiger partial charge < -0.3 is 10.5 Å². The minimum absolute atomic E-state index is 0.414. The lowest BCUT2D eigenvalue weighted by molar-refractivity contribution is 0.203. The molecule has 0 aliphatic rings. The van der Waals surface area contributed by atoms with Gasteiger partial charge in [0.1, 0.15) is 0 Å². The largest absolute Gasteiger partial charge is 0.398 e. The van der Waals surface area contributed by atoms with Gasteiger partial charge in [-0.15, -0.1) is 11.8 Å². The average Bonchev–Trinajstić information content (AvgIpc) is 2.12. The van der Waals surface area contributed by atoms with Crippen LogP contribution < -0.4 is 5.73 Å². The first-order valence-electron chi connectivity index (χ1n) is 4.34. The monoisotopic (exact) mass is 275 g/mol. The molecule has 78 valence electrons. The summed E-state index contributed by atoms with van der Waals surface area (Å²) in [5, 5.41) is 0.414. The third kappa shape index (κ3) is 3.52. The van der Waals surface area contributed by atoms with Gasteiger partial charge in [0.25, 0.3) is 0 Å². The zero-order valence-corrected chi connectivity index (χ0v) is 10.7. The number of rotatable bonds is 4. The molecule has 1 rings (SSSR count). The summed E-state index contributed by atoms with van der Waals surface area (Å²) in [4.78, 5) is 1.10. The number of hydrogen-bond acceptors (Lipinski definition) is 3. The van der Waals surface area contributed by atoms with Gasteiger partial charge in [0.2, 0.25) is 0 Å². The molecule has 0 aliphatic heterocycles. The van der Waals surface area contributed by atoms with Gasteiger partial charge in [-0.3, -0.25) is 0 Å². The van der Waals surface area contributed by atoms with E-state index in [2.05, 4.69) is 22.9 Å². The molecular weight excluding hydrogens is 262 g/mol. The Morgan fingerprint density at radius 3 is 2.93 bits per heavy atom. The standard InChI is InChI=1S/C10H14BrNOS/c1-7(6-13-2)14-10-5-8(11)3-4-9(10)12/h3-5,7H,6,12H2,1-2H3. The van der Waals surface area contributed by atoms with Crippen molar-refractivity contribution in [1.82, 2.24) is 0 Å². The van der Waals surface area contributed by atoms with Crippen LogP contribution in [0.25, 0.3) is 0 Å². The lowest BCUT2D eigenvalue weighted by atomic mass is 10.3. The SMILES string of the molecule is COCC(C)Sc1cc(Br)ccc1N. The van der Waals surface area contributed by atoms with Crippen molar-refractivity contribution in [3.63, 3.8) is 0 Å². The summed E-state index contributed by atoms with van der Waals surface area (Å²) >= 11 is 5.15. The normalized spacial score (nSPS) is 12.8. The summed E-state index contributed by atoms with van der Waals surface area (Å²) in [6, 6.07) is 5.89. The molecule has 2 N–H and O–H groups in total. The number of anilines is 1. The zero-order valence-electron chi connectivity index (χ0n) is 8.29. The van der Waals surface area contributed by atoms with Gasteiger partial charge in [0.15, 0.2) is 0 Å². The lowest BCUT2D eigenvalue weighted by Gasteiger charge is -2.11. The molecule has 4 heteroatoms. The van der Waals surface area contributed by atoms with Crippen LogP contribution in [0.4, 0.5) is 5.69 Å². The van der Waals surface area contributed by atoms with E-state index in [-0.39, 0.29) is 0 Å². The number of halogens is 1. The van der Waals surface area contributed by atoms with Gasteiger partial charge in [0, 0.05) is 27.4 Å². The molecule has 0 fully saturated rings. The highest BCUT2D eigenvalue weighted by atomic mass is 79.9. The molecule has 0 radical (unpaired) electrons. The molecule has 0 heterocycles. The highest BCUT2D eigenvalue weighted by molar-refractivity contribution is 9.10. The third-order valence-electron chi connectivity index (χ3n) is 1.71. The van der Waals surface area contributed by atoms with Crippen LogP contribution in [0.2, 0.25) is 0 Å². The van der Waals surface area contributed by atoms with E-state index < -0.39 is 0 Å². The minimum atomic E-state index is 0.414. The maximum atomic E-state index is 5.85. The van der Waals surface area contributed by atoms with Gasteiger partial charge in [-0.25, -0.2) is 0 Å². The van der Waals surface area contributed by atoms with Gasteiger partial charge >= 0.3 is 0 Å². The van der Waals surface area contributed by atoms with Crippen molar-refractivity contribution >= 4 is 33.4 Å². The molecule has 1 atom stereocenters. The lowest BCUT2D eigenvalue weighted by Crippen LogP contribution is -2.05. The Kier molecular flexibility index (Phi) is 4.78. The Bertz CT molecular complexity index is 306. The number of nitrogen functional groups attached to an aromatic ring is 1. The molecule has 0 saturated heterocycles. The summed E-state index contributed by atoms with van der Waals surface area (Å²) in [7, 11) is 1.71. The number of hydrogen-bond donors (Lipinski definition) is 1. The molecule has 1 aromatic carbocycles. The molecule has 0 spiro atoms. The van der Waals surface area contributed by atoms with Crippen molar-refractivity contribution in [1.29, 1.82) is 0 Å². The quantitative estimate of drug-likeness (QED) is 0.677. The van der Waals surface area contributed by atoms with Crippen LogP contribution in [0.5, 0.6) is 0 Å². The van der Waals surface area contributed by atoms with Crippen molar-refractivity contribution in [3.8, 4) is 0 Å². The fraction of sp³-hybridized carbons (Fsp3) is 0.400. The number of thioether (sulfide) groups is 1. The van der Waals surface area contributed by atoms with Gasteiger partial charge in [0.05, 0.1) is 6.61 Å². The topological polar surface area (TPSA) is 35.2 Å². The Hall–Kier alpha value is -0.190. The smallest absolute Gasteiger partial charge is 0.0582 e. The van der Waals surface area contributed by atoms with Crippen LogP contribution in [0.15, 0.2) is 27.6 Å².